The van der Waals surface area contributed by atoms with E-state index in [2.05, 4.69) is 0 Å². The number of ether oxygens (including phenoxy) is 2. The van der Waals surface area contributed by atoms with Gasteiger partial charge >= 0.3 is 5.97 Å². The Hall–Kier alpha value is -1.85. The average molecular weight is 258 g/mol. The van der Waals surface area contributed by atoms with Crippen LogP contribution in [-0.2, 0) is 11.2 Å². The summed E-state index contributed by atoms with van der Waals surface area (Å²) < 4.78 is 36.4. The predicted molar refractivity (Wildman–Crippen MR) is 58.3 cm³/mol. The van der Waals surface area contributed by atoms with E-state index in [1.54, 1.807) is 0 Å². The van der Waals surface area contributed by atoms with Gasteiger partial charge in [0, 0.05) is 12.0 Å². The summed E-state index contributed by atoms with van der Waals surface area (Å²) >= 11 is 0. The molecule has 1 heterocycles. The van der Waals surface area contributed by atoms with Crippen LogP contribution < -0.4 is 9.47 Å². The van der Waals surface area contributed by atoms with Crippen LogP contribution in [0.4, 0.5) is 8.78 Å². The molecule has 0 bridgehead atoms. The highest BCUT2D eigenvalue weighted by Gasteiger charge is 2.21. The first-order chi connectivity index (χ1) is 8.58. The fraction of sp³-hybridized carbons (Fsp3) is 0.417. The molecule has 0 saturated heterocycles. The number of alkyl halides is 2. The van der Waals surface area contributed by atoms with Crippen molar-refractivity contribution >= 4 is 5.97 Å². The molecular weight excluding hydrogens is 246 g/mol. The quantitative estimate of drug-likeness (QED) is 0.904. The third-order valence-electron chi connectivity index (χ3n) is 2.59. The monoisotopic (exact) mass is 258 g/mol. The molecule has 4 nitrogen and oxygen atoms in total. The molecule has 1 aliphatic rings. The zero-order valence-corrected chi connectivity index (χ0v) is 9.49. The van der Waals surface area contributed by atoms with E-state index in [0.717, 1.165) is 0 Å². The minimum absolute atomic E-state index is 0.0572. The van der Waals surface area contributed by atoms with Crippen molar-refractivity contribution < 1.29 is 28.2 Å². The molecule has 0 aliphatic carbocycles. The van der Waals surface area contributed by atoms with Gasteiger partial charge in [-0.25, -0.2) is 8.78 Å². The summed E-state index contributed by atoms with van der Waals surface area (Å²) in [7, 11) is 0. The number of rotatable bonds is 3. The van der Waals surface area contributed by atoms with Crippen molar-refractivity contribution in [2.75, 3.05) is 13.2 Å². The second kappa shape index (κ2) is 5.20. The fourth-order valence-electron chi connectivity index (χ4n) is 1.79. The van der Waals surface area contributed by atoms with Crippen LogP contribution in [0.3, 0.4) is 0 Å². The van der Waals surface area contributed by atoms with E-state index in [1.807, 2.05) is 0 Å². The first-order valence-electron chi connectivity index (χ1n) is 5.50. The maximum Gasteiger partial charge on any atom is 0.307 e. The SMILES string of the molecule is O=C(O)Cc1cc2c(cc1C(F)F)OCCCO2. The Morgan fingerprint density at radius 3 is 2.44 bits per heavy atom. The van der Waals surface area contributed by atoms with Crippen LogP contribution in [0.5, 0.6) is 11.5 Å². The van der Waals surface area contributed by atoms with Gasteiger partial charge in [0.1, 0.15) is 0 Å². The highest BCUT2D eigenvalue weighted by molar-refractivity contribution is 5.71. The molecule has 2 rings (SSSR count). The van der Waals surface area contributed by atoms with Crippen LogP contribution in [0.1, 0.15) is 24.0 Å². The number of halogens is 2. The van der Waals surface area contributed by atoms with E-state index in [-0.39, 0.29) is 16.9 Å². The zero-order chi connectivity index (χ0) is 13.1. The van der Waals surface area contributed by atoms with Crippen LogP contribution >= 0.6 is 0 Å². The lowest BCUT2D eigenvalue weighted by atomic mass is 10.0. The Kier molecular flexibility index (Phi) is 3.64. The summed E-state index contributed by atoms with van der Waals surface area (Å²) in [6.45, 7) is 0.821. The van der Waals surface area contributed by atoms with E-state index in [1.165, 1.54) is 12.1 Å². The van der Waals surface area contributed by atoms with Gasteiger partial charge in [-0.3, -0.25) is 4.79 Å². The molecule has 0 amide bonds. The van der Waals surface area contributed by atoms with E-state index in [9.17, 15) is 13.6 Å². The van der Waals surface area contributed by atoms with Crippen molar-refractivity contribution in [3.8, 4) is 11.5 Å². The van der Waals surface area contributed by atoms with Gasteiger partial charge in [0.15, 0.2) is 11.5 Å². The molecule has 0 spiro atoms. The molecule has 6 heteroatoms. The van der Waals surface area contributed by atoms with Crippen LogP contribution in [-0.4, -0.2) is 24.3 Å². The first-order valence-corrected chi connectivity index (χ1v) is 5.50. The summed E-state index contributed by atoms with van der Waals surface area (Å²) in [5.74, 6) is -0.587. The van der Waals surface area contributed by atoms with Crippen molar-refractivity contribution in [3.63, 3.8) is 0 Å². The summed E-state index contributed by atoms with van der Waals surface area (Å²) in [6.07, 6.45) is -2.54. The van der Waals surface area contributed by atoms with Crippen molar-refractivity contribution in [2.24, 2.45) is 0 Å². The maximum absolute atomic E-state index is 12.9. The summed E-state index contributed by atoms with van der Waals surface area (Å²) in [5.41, 5.74) is -0.261. The Bertz CT molecular complexity index is 460. The number of fused-ring (bicyclic) bond motifs is 1. The number of carbonyl (C=O) groups is 1. The molecule has 0 radical (unpaired) electrons. The summed E-state index contributed by atoms with van der Waals surface area (Å²) in [6, 6.07) is 2.50. The van der Waals surface area contributed by atoms with Crippen molar-refractivity contribution in [1.29, 1.82) is 0 Å². The third kappa shape index (κ3) is 2.69. The molecule has 0 saturated carbocycles. The first kappa shape index (κ1) is 12.6. The number of carboxylic acids is 1. The predicted octanol–water partition coefficient (Wildman–Crippen LogP) is 2.41. The lowest BCUT2D eigenvalue weighted by molar-refractivity contribution is -0.136. The topological polar surface area (TPSA) is 55.8 Å². The molecule has 1 aromatic rings. The number of hydrogen-bond donors (Lipinski definition) is 1. The van der Waals surface area contributed by atoms with E-state index < -0.39 is 18.8 Å². The second-order valence-electron chi connectivity index (χ2n) is 3.92. The molecule has 1 N–H and O–H groups in total. The Labute approximate surface area is 102 Å². The smallest absolute Gasteiger partial charge is 0.307 e. The Morgan fingerprint density at radius 1 is 1.28 bits per heavy atom. The largest absolute Gasteiger partial charge is 0.490 e. The van der Waals surface area contributed by atoms with Gasteiger partial charge in [0.05, 0.1) is 19.6 Å². The molecular formula is C12H12F2O4. The van der Waals surface area contributed by atoms with E-state index in [4.69, 9.17) is 14.6 Å². The Balaban J connectivity index is 2.43. The molecule has 0 unspecified atom stereocenters. The van der Waals surface area contributed by atoms with E-state index >= 15 is 0 Å². The summed E-state index contributed by atoms with van der Waals surface area (Å²) in [5, 5.41) is 8.72. The van der Waals surface area contributed by atoms with Crippen LogP contribution in [0.2, 0.25) is 0 Å². The van der Waals surface area contributed by atoms with Gasteiger partial charge in [-0.2, -0.15) is 0 Å². The summed E-state index contributed by atoms with van der Waals surface area (Å²) in [4.78, 5) is 10.7. The minimum Gasteiger partial charge on any atom is -0.490 e. The van der Waals surface area contributed by atoms with Crippen LogP contribution in [0.15, 0.2) is 12.1 Å². The molecule has 0 atom stereocenters. The molecule has 1 aromatic carbocycles. The number of benzene rings is 1. The normalized spacial score (nSPS) is 14.4. The second-order valence-corrected chi connectivity index (χ2v) is 3.92. The molecule has 18 heavy (non-hydrogen) atoms. The number of carboxylic acid groups (broad SMARTS) is 1. The maximum atomic E-state index is 12.9. The van der Waals surface area contributed by atoms with E-state index in [0.29, 0.717) is 25.4 Å². The van der Waals surface area contributed by atoms with Gasteiger partial charge in [-0.1, -0.05) is 0 Å². The van der Waals surface area contributed by atoms with Crippen molar-refractivity contribution in [2.45, 2.75) is 19.3 Å². The Morgan fingerprint density at radius 2 is 1.89 bits per heavy atom. The zero-order valence-electron chi connectivity index (χ0n) is 9.49. The fourth-order valence-corrected chi connectivity index (χ4v) is 1.79. The minimum atomic E-state index is -2.74. The lowest BCUT2D eigenvalue weighted by Crippen LogP contribution is -2.05. The molecule has 1 aliphatic heterocycles. The van der Waals surface area contributed by atoms with Crippen LogP contribution in [0.25, 0.3) is 0 Å². The average Bonchev–Trinajstić information content (AvgIpc) is 2.51. The van der Waals surface area contributed by atoms with Gasteiger partial charge in [0.25, 0.3) is 6.43 Å². The number of hydrogen-bond acceptors (Lipinski definition) is 3. The van der Waals surface area contributed by atoms with Crippen LogP contribution in [0, 0.1) is 0 Å². The van der Waals surface area contributed by atoms with Gasteiger partial charge in [0.2, 0.25) is 0 Å². The third-order valence-corrected chi connectivity index (χ3v) is 2.59. The molecule has 0 aromatic heterocycles. The van der Waals surface area contributed by atoms with Crippen molar-refractivity contribution in [1.82, 2.24) is 0 Å². The standard InChI is InChI=1S/C12H12F2O4/c13-12(14)8-6-10-9(17-2-1-3-18-10)4-7(8)5-11(15)16/h4,6,12H,1-3,5H2,(H,15,16). The van der Waals surface area contributed by atoms with Gasteiger partial charge < -0.3 is 14.6 Å². The number of aliphatic carboxylic acids is 1. The van der Waals surface area contributed by atoms with Gasteiger partial charge in [-0.15, -0.1) is 0 Å². The van der Waals surface area contributed by atoms with Gasteiger partial charge in [-0.05, 0) is 17.7 Å². The lowest BCUT2D eigenvalue weighted by Gasteiger charge is -2.13. The molecule has 98 valence electrons. The highest BCUT2D eigenvalue weighted by atomic mass is 19.3. The highest BCUT2D eigenvalue weighted by Crippen LogP contribution is 2.36. The molecule has 0 fully saturated rings. The van der Waals surface area contributed by atoms with Crippen molar-refractivity contribution in [3.05, 3.63) is 23.3 Å².